The Morgan fingerprint density at radius 1 is 1.19 bits per heavy atom. The number of hydrogen-bond acceptors (Lipinski definition) is 1. The Kier molecular flexibility index (Phi) is 5.54. The van der Waals surface area contributed by atoms with E-state index in [9.17, 15) is 0 Å². The van der Waals surface area contributed by atoms with Crippen LogP contribution in [-0.4, -0.2) is 12.6 Å². The van der Waals surface area contributed by atoms with E-state index in [-0.39, 0.29) is 0 Å². The van der Waals surface area contributed by atoms with Crippen molar-refractivity contribution in [2.45, 2.75) is 65.3 Å². The van der Waals surface area contributed by atoms with Crippen molar-refractivity contribution >= 4 is 0 Å². The first-order chi connectivity index (χ1) is 7.54. The van der Waals surface area contributed by atoms with Gasteiger partial charge in [0.15, 0.2) is 0 Å². The molecule has 1 aliphatic rings. The summed E-state index contributed by atoms with van der Waals surface area (Å²) < 4.78 is 0. The molecule has 0 radical (unpaired) electrons. The predicted molar refractivity (Wildman–Crippen MR) is 72.6 cm³/mol. The number of nitrogens with one attached hydrogen (secondary N) is 1. The molecule has 0 spiro atoms. The van der Waals surface area contributed by atoms with Crippen LogP contribution in [0.25, 0.3) is 0 Å². The van der Waals surface area contributed by atoms with Gasteiger partial charge in [-0.3, -0.25) is 0 Å². The summed E-state index contributed by atoms with van der Waals surface area (Å²) >= 11 is 0. The van der Waals surface area contributed by atoms with Crippen LogP contribution in [0.3, 0.4) is 0 Å². The van der Waals surface area contributed by atoms with Gasteiger partial charge in [-0.1, -0.05) is 33.3 Å². The average Bonchev–Trinajstić information content (AvgIpc) is 2.43. The summed E-state index contributed by atoms with van der Waals surface area (Å²) in [6, 6.07) is 0.757. The topological polar surface area (TPSA) is 12.0 Å². The lowest BCUT2D eigenvalue weighted by atomic mass is 9.76. The Labute approximate surface area is 102 Å². The van der Waals surface area contributed by atoms with Gasteiger partial charge in [0.1, 0.15) is 0 Å². The van der Waals surface area contributed by atoms with Crippen LogP contribution in [0.1, 0.15) is 59.3 Å². The maximum atomic E-state index is 3.77. The van der Waals surface area contributed by atoms with Gasteiger partial charge >= 0.3 is 0 Å². The SMILES string of the molecule is C=CCCNC1CCCC(C(C)(C)C)CC1. The smallest absolute Gasteiger partial charge is 0.00672 e. The fourth-order valence-electron chi connectivity index (χ4n) is 2.76. The molecule has 1 fully saturated rings. The van der Waals surface area contributed by atoms with Gasteiger partial charge in [-0.05, 0) is 50.0 Å². The van der Waals surface area contributed by atoms with Crippen LogP contribution in [0.5, 0.6) is 0 Å². The maximum absolute atomic E-state index is 3.77. The third-order valence-electron chi connectivity index (χ3n) is 3.97. The zero-order chi connectivity index (χ0) is 12.0. The van der Waals surface area contributed by atoms with Gasteiger partial charge < -0.3 is 5.32 Å². The molecule has 0 bridgehead atoms. The van der Waals surface area contributed by atoms with E-state index in [1.807, 2.05) is 6.08 Å². The minimum absolute atomic E-state index is 0.496. The first-order valence-electron chi connectivity index (χ1n) is 6.88. The molecular weight excluding hydrogens is 194 g/mol. The van der Waals surface area contributed by atoms with Crippen molar-refractivity contribution in [1.82, 2.24) is 5.32 Å². The van der Waals surface area contributed by atoms with Gasteiger partial charge in [-0.15, -0.1) is 6.58 Å². The Morgan fingerprint density at radius 2 is 1.94 bits per heavy atom. The molecule has 1 aliphatic carbocycles. The maximum Gasteiger partial charge on any atom is 0.00672 e. The summed E-state index contributed by atoms with van der Waals surface area (Å²) in [5.41, 5.74) is 0.496. The molecule has 0 amide bonds. The van der Waals surface area contributed by atoms with Crippen LogP contribution in [0.15, 0.2) is 12.7 Å². The second kappa shape index (κ2) is 6.44. The van der Waals surface area contributed by atoms with Crippen molar-refractivity contribution in [2.75, 3.05) is 6.54 Å². The molecule has 1 heteroatoms. The average molecular weight is 223 g/mol. The van der Waals surface area contributed by atoms with Gasteiger partial charge in [-0.2, -0.15) is 0 Å². The van der Waals surface area contributed by atoms with Gasteiger partial charge in [-0.25, -0.2) is 0 Å². The Bertz CT molecular complexity index is 202. The molecule has 16 heavy (non-hydrogen) atoms. The lowest BCUT2D eigenvalue weighted by Gasteiger charge is -2.29. The largest absolute Gasteiger partial charge is 0.314 e. The molecule has 2 atom stereocenters. The minimum atomic E-state index is 0.496. The Hall–Kier alpha value is -0.300. The second-order valence-corrected chi connectivity index (χ2v) is 6.30. The van der Waals surface area contributed by atoms with Crippen LogP contribution in [0.4, 0.5) is 0 Å². The molecule has 1 N–H and O–H groups in total. The highest BCUT2D eigenvalue weighted by molar-refractivity contribution is 4.81. The summed E-state index contributed by atoms with van der Waals surface area (Å²) in [4.78, 5) is 0. The standard InChI is InChI=1S/C15H29N/c1-5-6-12-16-14-9-7-8-13(10-11-14)15(2,3)4/h5,13-14,16H,1,6-12H2,2-4H3. The fourth-order valence-corrected chi connectivity index (χ4v) is 2.76. The lowest BCUT2D eigenvalue weighted by molar-refractivity contribution is 0.213. The quantitative estimate of drug-likeness (QED) is 0.429. The zero-order valence-electron chi connectivity index (χ0n) is 11.4. The van der Waals surface area contributed by atoms with E-state index in [4.69, 9.17) is 0 Å². The minimum Gasteiger partial charge on any atom is -0.314 e. The van der Waals surface area contributed by atoms with E-state index in [2.05, 4.69) is 32.7 Å². The Morgan fingerprint density at radius 3 is 2.56 bits per heavy atom. The summed E-state index contributed by atoms with van der Waals surface area (Å²) in [7, 11) is 0. The molecule has 0 aliphatic heterocycles. The molecule has 0 aromatic rings. The lowest BCUT2D eigenvalue weighted by Crippen LogP contribution is -2.29. The highest BCUT2D eigenvalue weighted by Gasteiger charge is 2.27. The van der Waals surface area contributed by atoms with E-state index in [1.165, 1.54) is 32.1 Å². The van der Waals surface area contributed by atoms with Crippen LogP contribution in [0.2, 0.25) is 0 Å². The van der Waals surface area contributed by atoms with Crippen LogP contribution in [0, 0.1) is 11.3 Å². The van der Waals surface area contributed by atoms with E-state index in [0.717, 1.165) is 24.9 Å². The second-order valence-electron chi connectivity index (χ2n) is 6.30. The van der Waals surface area contributed by atoms with Crippen molar-refractivity contribution in [3.63, 3.8) is 0 Å². The third kappa shape index (κ3) is 4.69. The molecule has 1 rings (SSSR count). The molecule has 94 valence electrons. The summed E-state index contributed by atoms with van der Waals surface area (Å²) in [5.74, 6) is 0.915. The van der Waals surface area contributed by atoms with Gasteiger partial charge in [0.05, 0.1) is 0 Å². The first kappa shape index (κ1) is 13.8. The highest BCUT2D eigenvalue weighted by atomic mass is 14.9. The van der Waals surface area contributed by atoms with Crippen molar-refractivity contribution in [2.24, 2.45) is 11.3 Å². The Balaban J connectivity index is 2.31. The molecule has 1 saturated carbocycles. The van der Waals surface area contributed by atoms with E-state index in [1.54, 1.807) is 0 Å². The summed E-state index contributed by atoms with van der Waals surface area (Å²) in [6.45, 7) is 12.0. The normalized spacial score (nSPS) is 27.4. The molecule has 0 aromatic carbocycles. The fraction of sp³-hybridized carbons (Fsp3) is 0.867. The van der Waals surface area contributed by atoms with Crippen molar-refractivity contribution in [3.05, 3.63) is 12.7 Å². The molecule has 0 aromatic heterocycles. The summed E-state index contributed by atoms with van der Waals surface area (Å²) in [6.07, 6.45) is 10.0. The molecule has 2 unspecified atom stereocenters. The highest BCUT2D eigenvalue weighted by Crippen LogP contribution is 2.36. The molecular formula is C15H29N. The first-order valence-corrected chi connectivity index (χ1v) is 6.88. The van der Waals surface area contributed by atoms with Gasteiger partial charge in [0, 0.05) is 6.04 Å². The van der Waals surface area contributed by atoms with Crippen molar-refractivity contribution in [3.8, 4) is 0 Å². The van der Waals surface area contributed by atoms with Crippen LogP contribution in [-0.2, 0) is 0 Å². The zero-order valence-corrected chi connectivity index (χ0v) is 11.4. The van der Waals surface area contributed by atoms with Crippen molar-refractivity contribution in [1.29, 1.82) is 0 Å². The number of rotatable bonds is 4. The van der Waals surface area contributed by atoms with Crippen LogP contribution >= 0.6 is 0 Å². The summed E-state index contributed by atoms with van der Waals surface area (Å²) in [5, 5.41) is 3.66. The van der Waals surface area contributed by atoms with E-state index < -0.39 is 0 Å². The monoisotopic (exact) mass is 223 g/mol. The number of hydrogen-bond donors (Lipinski definition) is 1. The van der Waals surface area contributed by atoms with Gasteiger partial charge in [0.25, 0.3) is 0 Å². The molecule has 1 nitrogen and oxygen atoms in total. The van der Waals surface area contributed by atoms with Crippen LogP contribution < -0.4 is 5.32 Å². The molecule has 0 saturated heterocycles. The van der Waals surface area contributed by atoms with Crippen molar-refractivity contribution < 1.29 is 0 Å². The third-order valence-corrected chi connectivity index (χ3v) is 3.97. The van der Waals surface area contributed by atoms with E-state index >= 15 is 0 Å². The molecule has 0 heterocycles. The predicted octanol–water partition coefficient (Wildman–Crippen LogP) is 4.15. The van der Waals surface area contributed by atoms with Gasteiger partial charge in [0.2, 0.25) is 0 Å². The van der Waals surface area contributed by atoms with E-state index in [0.29, 0.717) is 5.41 Å².